The van der Waals surface area contributed by atoms with Gasteiger partial charge in [0.2, 0.25) is 0 Å². The molecule has 1 heterocycles. The number of fused-ring (bicyclic) bond motifs is 1. The summed E-state index contributed by atoms with van der Waals surface area (Å²) in [5.74, 6) is 0.0644. The van der Waals surface area contributed by atoms with Crippen molar-refractivity contribution >= 4 is 17.3 Å². The second kappa shape index (κ2) is 4.30. The highest BCUT2D eigenvalue weighted by Gasteiger charge is 2.27. The molecule has 0 spiro atoms. The molecule has 1 aromatic carbocycles. The van der Waals surface area contributed by atoms with Crippen molar-refractivity contribution in [2.24, 2.45) is 16.6 Å². The number of hydrogen-bond donors (Lipinski definition) is 1. The van der Waals surface area contributed by atoms with E-state index in [1.807, 2.05) is 24.3 Å². The Morgan fingerprint density at radius 3 is 2.65 bits per heavy atom. The molecule has 0 bridgehead atoms. The molecule has 0 fully saturated rings. The summed E-state index contributed by atoms with van der Waals surface area (Å²) in [5, 5.41) is 0. The molecule has 0 saturated carbocycles. The van der Waals surface area contributed by atoms with Gasteiger partial charge in [-0.15, -0.1) is 0 Å². The summed E-state index contributed by atoms with van der Waals surface area (Å²) >= 11 is 0. The number of nitrogens with two attached hydrogens (primary N) is 1. The number of amides is 1. The van der Waals surface area contributed by atoms with Gasteiger partial charge in [-0.25, -0.2) is 0 Å². The van der Waals surface area contributed by atoms with Gasteiger partial charge >= 0.3 is 0 Å². The van der Waals surface area contributed by atoms with Crippen molar-refractivity contribution in [1.29, 1.82) is 0 Å². The topological polar surface area (TPSA) is 58.7 Å². The molecule has 2 N–H and O–H groups in total. The lowest BCUT2D eigenvalue weighted by molar-refractivity contribution is -0.119. The molecule has 4 nitrogen and oxygen atoms in total. The first-order valence-corrected chi connectivity index (χ1v) is 5.72. The van der Waals surface area contributed by atoms with Crippen molar-refractivity contribution in [3.63, 3.8) is 0 Å². The Hall–Kier alpha value is -1.68. The standard InChI is InChI=1S/C13H17N3O/c1-8(2)11-9-6-4-5-7-10(9)16(3)13(17)12(14)15-11/h4-8,12H,14H2,1-3H3. The average molecular weight is 231 g/mol. The molecule has 17 heavy (non-hydrogen) atoms. The summed E-state index contributed by atoms with van der Waals surface area (Å²) < 4.78 is 0. The summed E-state index contributed by atoms with van der Waals surface area (Å²) in [6.45, 7) is 4.11. The second-order valence-electron chi connectivity index (χ2n) is 4.53. The van der Waals surface area contributed by atoms with Gasteiger partial charge in [0.1, 0.15) is 0 Å². The van der Waals surface area contributed by atoms with Crippen molar-refractivity contribution in [3.05, 3.63) is 29.8 Å². The number of carbonyl (C=O) groups is 1. The minimum atomic E-state index is -0.801. The quantitative estimate of drug-likeness (QED) is 0.794. The number of benzodiazepines with no additional fused rings is 1. The smallest absolute Gasteiger partial charge is 0.266 e. The molecule has 1 unspecified atom stereocenters. The van der Waals surface area contributed by atoms with Crippen molar-refractivity contribution in [3.8, 4) is 0 Å². The molecule has 1 atom stereocenters. The molecule has 0 aliphatic carbocycles. The molecule has 0 radical (unpaired) electrons. The first-order valence-electron chi connectivity index (χ1n) is 5.72. The van der Waals surface area contributed by atoms with Crippen molar-refractivity contribution < 1.29 is 4.79 Å². The van der Waals surface area contributed by atoms with Gasteiger partial charge in [-0.2, -0.15) is 0 Å². The number of carbonyl (C=O) groups excluding carboxylic acids is 1. The van der Waals surface area contributed by atoms with E-state index in [0.717, 1.165) is 17.0 Å². The lowest BCUT2D eigenvalue weighted by Gasteiger charge is -2.19. The number of benzene rings is 1. The molecular weight excluding hydrogens is 214 g/mol. The molecule has 4 heteroatoms. The van der Waals surface area contributed by atoms with Crippen LogP contribution >= 0.6 is 0 Å². The van der Waals surface area contributed by atoms with Crippen LogP contribution in [0.1, 0.15) is 19.4 Å². The summed E-state index contributed by atoms with van der Waals surface area (Å²) in [5.41, 5.74) is 8.56. The van der Waals surface area contributed by atoms with Crippen LogP contribution in [0, 0.1) is 5.92 Å². The van der Waals surface area contributed by atoms with Gasteiger partial charge in [-0.1, -0.05) is 32.0 Å². The van der Waals surface area contributed by atoms with E-state index in [1.165, 1.54) is 0 Å². The molecule has 1 aliphatic heterocycles. The van der Waals surface area contributed by atoms with Gasteiger partial charge in [-0.3, -0.25) is 9.79 Å². The zero-order valence-corrected chi connectivity index (χ0v) is 10.3. The molecular formula is C13H17N3O. The maximum absolute atomic E-state index is 12.0. The van der Waals surface area contributed by atoms with Crippen molar-refractivity contribution in [2.75, 3.05) is 11.9 Å². The number of nitrogens with zero attached hydrogens (tertiary/aromatic N) is 2. The zero-order chi connectivity index (χ0) is 12.6. The Kier molecular flexibility index (Phi) is 2.98. The summed E-state index contributed by atoms with van der Waals surface area (Å²) in [6, 6.07) is 7.77. The molecule has 90 valence electrons. The van der Waals surface area contributed by atoms with Crippen LogP contribution in [-0.4, -0.2) is 24.8 Å². The molecule has 0 saturated heterocycles. The highest BCUT2D eigenvalue weighted by molar-refractivity contribution is 6.13. The van der Waals surface area contributed by atoms with E-state index in [1.54, 1.807) is 11.9 Å². The van der Waals surface area contributed by atoms with Crippen molar-refractivity contribution in [2.45, 2.75) is 20.0 Å². The highest BCUT2D eigenvalue weighted by Crippen LogP contribution is 2.26. The monoisotopic (exact) mass is 231 g/mol. The van der Waals surface area contributed by atoms with Gasteiger partial charge in [0, 0.05) is 18.3 Å². The number of hydrogen-bond acceptors (Lipinski definition) is 3. The molecule has 2 rings (SSSR count). The number of anilines is 1. The summed E-state index contributed by atoms with van der Waals surface area (Å²) in [7, 11) is 1.74. The minimum absolute atomic E-state index is 0.173. The SMILES string of the molecule is CC(C)C1=NC(N)C(=O)N(C)c2ccccc21. The van der Waals surface area contributed by atoms with E-state index >= 15 is 0 Å². The molecule has 0 aromatic heterocycles. The first-order chi connectivity index (χ1) is 8.02. The van der Waals surface area contributed by atoms with Crippen LogP contribution in [0.25, 0.3) is 0 Å². The van der Waals surface area contributed by atoms with Gasteiger partial charge in [0.25, 0.3) is 5.91 Å². The lowest BCUT2D eigenvalue weighted by Crippen LogP contribution is -2.39. The van der Waals surface area contributed by atoms with Crippen LogP contribution in [0.2, 0.25) is 0 Å². The van der Waals surface area contributed by atoms with Gasteiger partial charge in [-0.05, 0) is 12.0 Å². The summed E-state index contributed by atoms with van der Waals surface area (Å²) in [6.07, 6.45) is -0.801. The maximum atomic E-state index is 12.0. The fourth-order valence-electron chi connectivity index (χ4n) is 2.03. The van der Waals surface area contributed by atoms with Crippen LogP contribution in [0.15, 0.2) is 29.3 Å². The molecule has 1 amide bonds. The second-order valence-corrected chi connectivity index (χ2v) is 4.53. The predicted octanol–water partition coefficient (Wildman–Crippen LogP) is 1.39. The zero-order valence-electron chi connectivity index (χ0n) is 10.3. The van der Waals surface area contributed by atoms with Crippen LogP contribution in [0.3, 0.4) is 0 Å². The third-order valence-corrected chi connectivity index (χ3v) is 2.95. The molecule has 1 aliphatic rings. The predicted molar refractivity (Wildman–Crippen MR) is 69.2 cm³/mol. The Bertz CT molecular complexity index is 479. The van der Waals surface area contributed by atoms with Crippen LogP contribution in [-0.2, 0) is 4.79 Å². The van der Waals surface area contributed by atoms with E-state index < -0.39 is 6.17 Å². The van der Waals surface area contributed by atoms with E-state index in [9.17, 15) is 4.79 Å². The Balaban J connectivity index is 2.64. The van der Waals surface area contributed by atoms with Crippen molar-refractivity contribution in [1.82, 2.24) is 0 Å². The summed E-state index contributed by atoms with van der Waals surface area (Å²) in [4.78, 5) is 17.9. The minimum Gasteiger partial charge on any atom is -0.312 e. The number of para-hydroxylation sites is 1. The van der Waals surface area contributed by atoms with Crippen LogP contribution in [0.5, 0.6) is 0 Å². The number of likely N-dealkylation sites (N-methyl/N-ethyl adjacent to an activating group) is 1. The fraction of sp³-hybridized carbons (Fsp3) is 0.385. The first kappa shape index (κ1) is 11.8. The number of aliphatic imine (C=N–C) groups is 1. The lowest BCUT2D eigenvalue weighted by atomic mass is 9.98. The van der Waals surface area contributed by atoms with Crippen LogP contribution < -0.4 is 10.6 Å². The van der Waals surface area contributed by atoms with Gasteiger partial charge < -0.3 is 10.6 Å². The third kappa shape index (κ3) is 1.96. The average Bonchev–Trinajstić information content (AvgIpc) is 2.41. The molecule has 1 aromatic rings. The van der Waals surface area contributed by atoms with E-state index in [-0.39, 0.29) is 11.8 Å². The van der Waals surface area contributed by atoms with E-state index in [2.05, 4.69) is 18.8 Å². The third-order valence-electron chi connectivity index (χ3n) is 2.95. The largest absolute Gasteiger partial charge is 0.312 e. The Morgan fingerprint density at radius 1 is 1.35 bits per heavy atom. The van der Waals surface area contributed by atoms with Gasteiger partial charge in [0.15, 0.2) is 6.17 Å². The van der Waals surface area contributed by atoms with Crippen LogP contribution in [0.4, 0.5) is 5.69 Å². The normalized spacial score (nSPS) is 20.1. The highest BCUT2D eigenvalue weighted by atomic mass is 16.2. The fourth-order valence-corrected chi connectivity index (χ4v) is 2.03. The Labute approximate surface area is 101 Å². The Morgan fingerprint density at radius 2 is 2.00 bits per heavy atom. The number of rotatable bonds is 1. The van der Waals surface area contributed by atoms with E-state index in [0.29, 0.717) is 0 Å². The van der Waals surface area contributed by atoms with Gasteiger partial charge in [0.05, 0.1) is 5.69 Å². The van der Waals surface area contributed by atoms with E-state index in [4.69, 9.17) is 5.73 Å². The maximum Gasteiger partial charge on any atom is 0.266 e.